The molecule has 2 aromatic rings. The van der Waals surface area contributed by atoms with E-state index in [-0.39, 0.29) is 5.41 Å². The molecule has 0 radical (unpaired) electrons. The monoisotopic (exact) mass is 247 g/mol. The zero-order valence-corrected chi connectivity index (χ0v) is 11.1. The standard InChI is InChI=1S/C18H17N/c1-18(15-9-3-2-4-10-15)13-7-5-11-16(18)17-12-6-8-14-19-17/h2-12,14H,13H2,1H3. The van der Waals surface area contributed by atoms with Crippen molar-refractivity contribution >= 4 is 5.57 Å². The summed E-state index contributed by atoms with van der Waals surface area (Å²) in [5.41, 5.74) is 3.71. The van der Waals surface area contributed by atoms with Gasteiger partial charge in [-0.15, -0.1) is 0 Å². The van der Waals surface area contributed by atoms with Gasteiger partial charge in [-0.05, 0) is 29.7 Å². The van der Waals surface area contributed by atoms with Crippen LogP contribution in [0.1, 0.15) is 24.6 Å². The van der Waals surface area contributed by atoms with Crippen LogP contribution in [0.4, 0.5) is 0 Å². The van der Waals surface area contributed by atoms with Crippen LogP contribution in [-0.4, -0.2) is 4.98 Å². The van der Waals surface area contributed by atoms with Gasteiger partial charge in [0.05, 0.1) is 5.69 Å². The van der Waals surface area contributed by atoms with Gasteiger partial charge in [0.1, 0.15) is 0 Å². The molecular formula is C18H17N. The van der Waals surface area contributed by atoms with Crippen LogP contribution in [0.2, 0.25) is 0 Å². The van der Waals surface area contributed by atoms with E-state index < -0.39 is 0 Å². The van der Waals surface area contributed by atoms with Crippen molar-refractivity contribution in [3.05, 3.63) is 84.2 Å². The van der Waals surface area contributed by atoms with E-state index in [1.54, 1.807) is 0 Å². The van der Waals surface area contributed by atoms with Crippen molar-refractivity contribution in [2.75, 3.05) is 0 Å². The first-order chi connectivity index (χ1) is 9.31. The lowest BCUT2D eigenvalue weighted by Crippen LogP contribution is -2.25. The van der Waals surface area contributed by atoms with Crippen LogP contribution in [0.15, 0.2) is 73.0 Å². The Morgan fingerprint density at radius 3 is 2.53 bits per heavy atom. The zero-order chi connectivity index (χ0) is 13.1. The molecule has 1 aliphatic carbocycles. The maximum atomic E-state index is 4.52. The first-order valence-corrected chi connectivity index (χ1v) is 6.65. The Morgan fingerprint density at radius 1 is 1.00 bits per heavy atom. The fourth-order valence-electron chi connectivity index (χ4n) is 2.73. The summed E-state index contributed by atoms with van der Waals surface area (Å²) < 4.78 is 0. The van der Waals surface area contributed by atoms with E-state index in [9.17, 15) is 0 Å². The van der Waals surface area contributed by atoms with Crippen LogP contribution in [0.3, 0.4) is 0 Å². The van der Waals surface area contributed by atoms with Crippen LogP contribution in [0.5, 0.6) is 0 Å². The number of hydrogen-bond donors (Lipinski definition) is 0. The number of nitrogens with zero attached hydrogens (tertiary/aromatic N) is 1. The minimum Gasteiger partial charge on any atom is -0.257 e. The summed E-state index contributed by atoms with van der Waals surface area (Å²) in [5, 5.41) is 0. The Morgan fingerprint density at radius 2 is 1.79 bits per heavy atom. The highest BCUT2D eigenvalue weighted by atomic mass is 14.7. The maximum Gasteiger partial charge on any atom is 0.0670 e. The molecule has 1 heteroatoms. The van der Waals surface area contributed by atoms with Gasteiger partial charge in [-0.3, -0.25) is 4.98 Å². The van der Waals surface area contributed by atoms with Gasteiger partial charge in [0, 0.05) is 11.6 Å². The highest BCUT2D eigenvalue weighted by Crippen LogP contribution is 2.42. The first kappa shape index (κ1) is 11.9. The van der Waals surface area contributed by atoms with Crippen molar-refractivity contribution in [1.82, 2.24) is 4.98 Å². The Balaban J connectivity index is 2.11. The Hall–Kier alpha value is -2.15. The van der Waals surface area contributed by atoms with E-state index in [4.69, 9.17) is 0 Å². The molecule has 0 aliphatic heterocycles. The molecule has 0 saturated carbocycles. The molecule has 94 valence electrons. The molecule has 1 atom stereocenters. The highest BCUT2D eigenvalue weighted by molar-refractivity contribution is 5.75. The molecule has 0 spiro atoms. The predicted molar refractivity (Wildman–Crippen MR) is 79.8 cm³/mol. The molecular weight excluding hydrogens is 230 g/mol. The summed E-state index contributed by atoms with van der Waals surface area (Å²) in [6, 6.07) is 16.8. The molecule has 1 unspecified atom stereocenters. The van der Waals surface area contributed by atoms with Crippen LogP contribution in [0, 0.1) is 0 Å². The highest BCUT2D eigenvalue weighted by Gasteiger charge is 2.32. The van der Waals surface area contributed by atoms with Crippen molar-refractivity contribution in [2.24, 2.45) is 0 Å². The van der Waals surface area contributed by atoms with Crippen LogP contribution in [0.25, 0.3) is 5.57 Å². The number of hydrogen-bond acceptors (Lipinski definition) is 1. The number of pyridine rings is 1. The lowest BCUT2D eigenvalue weighted by atomic mass is 9.70. The minimum atomic E-state index is 0.00433. The van der Waals surface area contributed by atoms with Gasteiger partial charge in [-0.25, -0.2) is 0 Å². The molecule has 1 aromatic heterocycles. The molecule has 19 heavy (non-hydrogen) atoms. The molecule has 3 rings (SSSR count). The van der Waals surface area contributed by atoms with Crippen molar-refractivity contribution in [1.29, 1.82) is 0 Å². The molecule has 1 heterocycles. The number of aromatic nitrogens is 1. The van der Waals surface area contributed by atoms with Gasteiger partial charge in [-0.2, -0.15) is 0 Å². The van der Waals surface area contributed by atoms with E-state index >= 15 is 0 Å². The molecule has 1 nitrogen and oxygen atoms in total. The second-order valence-electron chi connectivity index (χ2n) is 5.13. The van der Waals surface area contributed by atoms with Gasteiger partial charge < -0.3 is 0 Å². The fraction of sp³-hybridized carbons (Fsp3) is 0.167. The van der Waals surface area contributed by atoms with Crippen molar-refractivity contribution in [3.63, 3.8) is 0 Å². The van der Waals surface area contributed by atoms with Gasteiger partial charge in [0.15, 0.2) is 0 Å². The van der Waals surface area contributed by atoms with Crippen molar-refractivity contribution in [3.8, 4) is 0 Å². The SMILES string of the molecule is CC1(c2ccccc2)CC=CC=C1c1ccccn1. The van der Waals surface area contributed by atoms with E-state index in [0.717, 1.165) is 12.1 Å². The van der Waals surface area contributed by atoms with E-state index in [2.05, 4.69) is 66.5 Å². The lowest BCUT2D eigenvalue weighted by Gasteiger charge is -2.33. The Bertz CT molecular complexity index is 611. The van der Waals surface area contributed by atoms with Crippen LogP contribution < -0.4 is 0 Å². The fourth-order valence-corrected chi connectivity index (χ4v) is 2.73. The van der Waals surface area contributed by atoms with Gasteiger partial charge >= 0.3 is 0 Å². The molecule has 1 aromatic carbocycles. The van der Waals surface area contributed by atoms with E-state index in [1.165, 1.54) is 11.1 Å². The van der Waals surface area contributed by atoms with Crippen molar-refractivity contribution in [2.45, 2.75) is 18.8 Å². The summed E-state index contributed by atoms with van der Waals surface area (Å²) in [6.07, 6.45) is 9.44. The summed E-state index contributed by atoms with van der Waals surface area (Å²) in [6.45, 7) is 2.30. The smallest absolute Gasteiger partial charge is 0.0670 e. The largest absolute Gasteiger partial charge is 0.257 e. The number of benzene rings is 1. The normalized spacial score (nSPS) is 22.1. The van der Waals surface area contributed by atoms with E-state index in [0.29, 0.717) is 0 Å². The number of allylic oxidation sites excluding steroid dienone is 4. The summed E-state index contributed by atoms with van der Waals surface area (Å²) in [7, 11) is 0. The average molecular weight is 247 g/mol. The van der Waals surface area contributed by atoms with E-state index in [1.807, 2.05) is 18.3 Å². The lowest BCUT2D eigenvalue weighted by molar-refractivity contribution is 0.618. The molecule has 0 fully saturated rings. The quantitative estimate of drug-likeness (QED) is 0.767. The summed E-state index contributed by atoms with van der Waals surface area (Å²) in [5.74, 6) is 0. The average Bonchev–Trinajstić information content (AvgIpc) is 2.49. The third-order valence-electron chi connectivity index (χ3n) is 3.87. The van der Waals surface area contributed by atoms with Gasteiger partial charge in [0.2, 0.25) is 0 Å². The predicted octanol–water partition coefficient (Wildman–Crippen LogP) is 4.38. The molecule has 0 bridgehead atoms. The van der Waals surface area contributed by atoms with Crippen LogP contribution >= 0.6 is 0 Å². The molecule has 0 saturated heterocycles. The van der Waals surface area contributed by atoms with Gasteiger partial charge in [0.25, 0.3) is 0 Å². The summed E-state index contributed by atoms with van der Waals surface area (Å²) in [4.78, 5) is 4.52. The summed E-state index contributed by atoms with van der Waals surface area (Å²) >= 11 is 0. The van der Waals surface area contributed by atoms with Gasteiger partial charge in [-0.1, -0.05) is 61.5 Å². The first-order valence-electron chi connectivity index (χ1n) is 6.65. The maximum absolute atomic E-state index is 4.52. The zero-order valence-electron chi connectivity index (χ0n) is 11.1. The number of rotatable bonds is 2. The molecule has 1 aliphatic rings. The second-order valence-corrected chi connectivity index (χ2v) is 5.13. The molecule has 0 N–H and O–H groups in total. The van der Waals surface area contributed by atoms with Crippen molar-refractivity contribution < 1.29 is 0 Å². The second kappa shape index (κ2) is 4.85. The molecule has 0 amide bonds. The third-order valence-corrected chi connectivity index (χ3v) is 3.87. The Kier molecular flexibility index (Phi) is 3.04. The topological polar surface area (TPSA) is 12.9 Å². The Labute approximate surface area is 114 Å². The third kappa shape index (κ3) is 2.12. The minimum absolute atomic E-state index is 0.00433. The van der Waals surface area contributed by atoms with Crippen LogP contribution in [-0.2, 0) is 5.41 Å².